The van der Waals surface area contributed by atoms with Crippen LogP contribution in [0.3, 0.4) is 0 Å². The number of carbonyl (C=O) groups excluding carboxylic acids is 1. The normalized spacial score (nSPS) is 15.6. The van der Waals surface area contributed by atoms with Crippen molar-refractivity contribution in [2.75, 3.05) is 0 Å². The number of rotatable bonds is 3. The quantitative estimate of drug-likeness (QED) is 0.705. The van der Waals surface area contributed by atoms with Crippen LogP contribution in [0.15, 0.2) is 66.9 Å². The third-order valence-electron chi connectivity index (χ3n) is 5.30. The van der Waals surface area contributed by atoms with Crippen LogP contribution in [0.5, 0.6) is 0 Å². The second-order valence-electron chi connectivity index (χ2n) is 7.13. The average molecular weight is 359 g/mol. The maximum atomic E-state index is 13.1. The van der Waals surface area contributed by atoms with Gasteiger partial charge in [-0.15, -0.1) is 0 Å². The van der Waals surface area contributed by atoms with E-state index in [-0.39, 0.29) is 12.1 Å². The lowest BCUT2D eigenvalue weighted by molar-refractivity contribution is 0.167. The maximum absolute atomic E-state index is 13.1. The van der Waals surface area contributed by atoms with Crippen LogP contribution in [0.25, 0.3) is 5.69 Å². The monoisotopic (exact) mass is 359 g/mol. The van der Waals surface area contributed by atoms with Crippen molar-refractivity contribution in [1.29, 1.82) is 0 Å². The molecule has 3 aromatic rings. The summed E-state index contributed by atoms with van der Waals surface area (Å²) in [5, 5.41) is 3.11. The molecule has 0 spiro atoms. The fraction of sp³-hybridized carbons (Fsp3) is 0.261. The minimum atomic E-state index is -0.0214. The Hall–Kier alpha value is -3.01. The lowest BCUT2D eigenvalue weighted by atomic mass is 10.1. The number of urea groups is 1. The molecule has 0 saturated carbocycles. The van der Waals surface area contributed by atoms with Crippen molar-refractivity contribution in [3.8, 4) is 5.69 Å². The third-order valence-corrected chi connectivity index (χ3v) is 5.30. The Kier molecular flexibility index (Phi) is 4.71. The third kappa shape index (κ3) is 3.35. The highest BCUT2D eigenvalue weighted by Gasteiger charge is 2.30. The van der Waals surface area contributed by atoms with E-state index < -0.39 is 0 Å². The SMILES string of the molecule is CCC1c2cccn2-c2ccccc2CN1C(=O)NCc1ccc(C)cc1. The van der Waals surface area contributed by atoms with Crippen LogP contribution in [-0.4, -0.2) is 15.5 Å². The van der Waals surface area contributed by atoms with Crippen LogP contribution >= 0.6 is 0 Å². The summed E-state index contributed by atoms with van der Waals surface area (Å²) in [6.07, 6.45) is 2.96. The van der Waals surface area contributed by atoms with Gasteiger partial charge in [0.25, 0.3) is 0 Å². The first-order chi connectivity index (χ1) is 13.2. The van der Waals surface area contributed by atoms with Gasteiger partial charge in [-0.2, -0.15) is 0 Å². The van der Waals surface area contributed by atoms with Gasteiger partial charge in [0.05, 0.1) is 18.3 Å². The van der Waals surface area contributed by atoms with Gasteiger partial charge >= 0.3 is 6.03 Å². The lowest BCUT2D eigenvalue weighted by Gasteiger charge is -2.29. The Morgan fingerprint density at radius 2 is 1.85 bits per heavy atom. The maximum Gasteiger partial charge on any atom is 0.318 e. The molecule has 2 amide bonds. The number of para-hydroxylation sites is 1. The van der Waals surface area contributed by atoms with Gasteiger partial charge in [-0.05, 0) is 42.7 Å². The van der Waals surface area contributed by atoms with E-state index in [9.17, 15) is 4.79 Å². The van der Waals surface area contributed by atoms with Gasteiger partial charge < -0.3 is 14.8 Å². The molecule has 1 aliphatic rings. The zero-order valence-electron chi connectivity index (χ0n) is 15.9. The van der Waals surface area contributed by atoms with Crippen LogP contribution < -0.4 is 5.32 Å². The number of nitrogens with zero attached hydrogens (tertiary/aromatic N) is 2. The Morgan fingerprint density at radius 3 is 2.63 bits per heavy atom. The van der Waals surface area contributed by atoms with Crippen molar-refractivity contribution >= 4 is 6.03 Å². The van der Waals surface area contributed by atoms with Crippen LogP contribution in [-0.2, 0) is 13.1 Å². The fourth-order valence-electron chi connectivity index (χ4n) is 3.85. The molecule has 1 atom stereocenters. The van der Waals surface area contributed by atoms with E-state index in [1.807, 2.05) is 11.0 Å². The molecule has 1 N–H and O–H groups in total. The molecule has 2 heterocycles. The van der Waals surface area contributed by atoms with Gasteiger partial charge in [0, 0.05) is 18.4 Å². The van der Waals surface area contributed by atoms with Crippen LogP contribution in [0, 0.1) is 6.92 Å². The first-order valence-corrected chi connectivity index (χ1v) is 9.53. The van der Waals surface area contributed by atoms with E-state index in [4.69, 9.17) is 0 Å². The molecular weight excluding hydrogens is 334 g/mol. The van der Waals surface area contributed by atoms with Crippen molar-refractivity contribution in [1.82, 2.24) is 14.8 Å². The summed E-state index contributed by atoms with van der Waals surface area (Å²) in [5.41, 5.74) is 5.82. The van der Waals surface area contributed by atoms with Crippen LogP contribution in [0.4, 0.5) is 4.79 Å². The molecule has 0 fully saturated rings. The van der Waals surface area contributed by atoms with Gasteiger partial charge in [0.2, 0.25) is 0 Å². The zero-order valence-corrected chi connectivity index (χ0v) is 15.9. The van der Waals surface area contributed by atoms with Gasteiger partial charge in [-0.25, -0.2) is 4.79 Å². The molecule has 1 aliphatic heterocycles. The number of carbonyl (C=O) groups is 1. The van der Waals surface area contributed by atoms with Gasteiger partial charge in [-0.1, -0.05) is 55.0 Å². The summed E-state index contributed by atoms with van der Waals surface area (Å²) in [6.45, 7) is 5.35. The molecule has 138 valence electrons. The fourth-order valence-corrected chi connectivity index (χ4v) is 3.85. The number of amides is 2. The average Bonchev–Trinajstić information content (AvgIpc) is 3.12. The molecule has 1 aromatic heterocycles. The second kappa shape index (κ2) is 7.31. The Balaban J connectivity index is 1.61. The molecule has 0 aliphatic carbocycles. The molecule has 0 bridgehead atoms. The minimum Gasteiger partial charge on any atom is -0.334 e. The van der Waals surface area contributed by atoms with E-state index in [1.54, 1.807) is 0 Å². The summed E-state index contributed by atoms with van der Waals surface area (Å²) < 4.78 is 2.22. The standard InChI is InChI=1S/C23H25N3O/c1-3-20-22-9-6-14-25(22)21-8-5-4-7-19(21)16-26(20)23(27)24-15-18-12-10-17(2)11-13-18/h4-14,20H,3,15-16H2,1-2H3,(H,24,27). The molecule has 1 unspecified atom stereocenters. The van der Waals surface area contributed by atoms with Crippen molar-refractivity contribution in [2.24, 2.45) is 0 Å². The van der Waals surface area contributed by atoms with Crippen molar-refractivity contribution in [3.05, 3.63) is 89.2 Å². The highest BCUT2D eigenvalue weighted by molar-refractivity contribution is 5.75. The highest BCUT2D eigenvalue weighted by atomic mass is 16.2. The Labute approximate surface area is 160 Å². The topological polar surface area (TPSA) is 37.3 Å². The number of aromatic nitrogens is 1. The van der Waals surface area contributed by atoms with Crippen LogP contribution in [0.1, 0.15) is 41.8 Å². The first kappa shape index (κ1) is 17.4. The molecule has 0 saturated heterocycles. The van der Waals surface area contributed by atoms with Gasteiger partial charge in [0.1, 0.15) is 0 Å². The van der Waals surface area contributed by atoms with E-state index in [0.717, 1.165) is 28.9 Å². The summed E-state index contributed by atoms with van der Waals surface area (Å²) in [4.78, 5) is 15.1. The zero-order chi connectivity index (χ0) is 18.8. The second-order valence-corrected chi connectivity index (χ2v) is 7.13. The number of benzene rings is 2. The lowest BCUT2D eigenvalue weighted by Crippen LogP contribution is -2.41. The molecule has 4 nitrogen and oxygen atoms in total. The first-order valence-electron chi connectivity index (χ1n) is 9.53. The van der Waals surface area contributed by atoms with Gasteiger partial charge in [0.15, 0.2) is 0 Å². The molecular formula is C23H25N3O. The number of hydrogen-bond donors (Lipinski definition) is 1. The molecule has 4 rings (SSSR count). The summed E-state index contributed by atoms with van der Waals surface area (Å²) in [5.74, 6) is 0. The predicted molar refractivity (Wildman–Crippen MR) is 108 cm³/mol. The molecule has 0 radical (unpaired) electrons. The van der Waals surface area contributed by atoms with Gasteiger partial charge in [-0.3, -0.25) is 0 Å². The van der Waals surface area contributed by atoms with E-state index in [2.05, 4.69) is 84.5 Å². The Bertz CT molecular complexity index is 942. The number of aryl methyl sites for hydroxylation is 1. The number of nitrogens with one attached hydrogen (secondary N) is 1. The number of hydrogen-bond acceptors (Lipinski definition) is 1. The summed E-state index contributed by atoms with van der Waals surface area (Å²) >= 11 is 0. The van der Waals surface area contributed by atoms with Crippen LogP contribution in [0.2, 0.25) is 0 Å². The van der Waals surface area contributed by atoms with E-state index in [1.165, 1.54) is 5.56 Å². The van der Waals surface area contributed by atoms with Crippen molar-refractivity contribution in [3.63, 3.8) is 0 Å². The van der Waals surface area contributed by atoms with E-state index >= 15 is 0 Å². The largest absolute Gasteiger partial charge is 0.334 e. The summed E-state index contributed by atoms with van der Waals surface area (Å²) in [6, 6.07) is 20.8. The molecule has 2 aromatic carbocycles. The van der Waals surface area contributed by atoms with E-state index in [0.29, 0.717) is 13.1 Å². The highest BCUT2D eigenvalue weighted by Crippen LogP contribution is 2.33. The Morgan fingerprint density at radius 1 is 1.07 bits per heavy atom. The molecule has 4 heteroatoms. The predicted octanol–water partition coefficient (Wildman–Crippen LogP) is 4.96. The number of fused-ring (bicyclic) bond motifs is 3. The van der Waals surface area contributed by atoms with Crippen molar-refractivity contribution < 1.29 is 4.79 Å². The smallest absolute Gasteiger partial charge is 0.318 e. The molecule has 27 heavy (non-hydrogen) atoms. The minimum absolute atomic E-state index is 0.0214. The summed E-state index contributed by atoms with van der Waals surface area (Å²) in [7, 11) is 0. The van der Waals surface area contributed by atoms with Crippen molar-refractivity contribution in [2.45, 2.75) is 39.4 Å².